The topological polar surface area (TPSA) is 133 Å². The minimum absolute atomic E-state index is 0.0586. The lowest BCUT2D eigenvalue weighted by atomic mass is 10.0. The Labute approximate surface area is 207 Å². The molecule has 4 N–H and O–H groups in total. The number of phenols is 1. The van der Waals surface area contributed by atoms with E-state index in [-0.39, 0.29) is 16.6 Å². The quantitative estimate of drug-likeness (QED) is 0.373. The number of rotatable bonds is 8. The SMILES string of the molecule is CN1CCC(Nc2ccc3c(c2)CN(S(=O)(=O)c2ccc(O)cc2)C3)CC1.NC(=O)CCCC=O. The fourth-order valence-corrected chi connectivity index (χ4v) is 5.53. The van der Waals surface area contributed by atoms with Gasteiger partial charge in [0.25, 0.3) is 0 Å². The Bertz CT molecular complexity index is 1110. The van der Waals surface area contributed by atoms with Crippen LogP contribution in [0.15, 0.2) is 47.4 Å². The summed E-state index contributed by atoms with van der Waals surface area (Å²) in [6.07, 6.45) is 4.35. The van der Waals surface area contributed by atoms with Crippen LogP contribution in [0.25, 0.3) is 0 Å². The first-order chi connectivity index (χ1) is 16.7. The van der Waals surface area contributed by atoms with Crippen LogP contribution in [-0.4, -0.2) is 61.1 Å². The Kier molecular flexibility index (Phi) is 9.25. The molecule has 0 unspecified atom stereocenters. The molecule has 1 amide bonds. The molecule has 190 valence electrons. The molecule has 2 aromatic rings. The highest BCUT2D eigenvalue weighted by Crippen LogP contribution is 2.31. The molecule has 2 aliphatic rings. The van der Waals surface area contributed by atoms with Crippen molar-refractivity contribution in [2.24, 2.45) is 5.73 Å². The summed E-state index contributed by atoms with van der Waals surface area (Å²) in [4.78, 5) is 22.2. The molecule has 9 nitrogen and oxygen atoms in total. The molecule has 0 aliphatic carbocycles. The number of benzene rings is 2. The number of nitrogens with one attached hydrogen (secondary N) is 1. The zero-order valence-electron chi connectivity index (χ0n) is 20.0. The Hall–Kier alpha value is -2.95. The van der Waals surface area contributed by atoms with Crippen molar-refractivity contribution in [1.82, 2.24) is 9.21 Å². The third-order valence-electron chi connectivity index (χ3n) is 6.21. The van der Waals surface area contributed by atoms with Gasteiger partial charge in [-0.3, -0.25) is 4.79 Å². The number of phenolic OH excluding ortho intramolecular Hbond substituents is 1. The Balaban J connectivity index is 0.000000371. The van der Waals surface area contributed by atoms with Crippen LogP contribution in [-0.2, 0) is 32.7 Å². The summed E-state index contributed by atoms with van der Waals surface area (Å²) in [5.41, 5.74) is 7.94. The first-order valence-electron chi connectivity index (χ1n) is 11.8. The monoisotopic (exact) mass is 502 g/mol. The summed E-state index contributed by atoms with van der Waals surface area (Å²) < 4.78 is 27.2. The minimum atomic E-state index is -3.57. The highest BCUT2D eigenvalue weighted by atomic mass is 32.2. The number of nitrogens with two attached hydrogens (primary N) is 1. The molecule has 2 aliphatic heterocycles. The Morgan fingerprint density at radius 2 is 1.77 bits per heavy atom. The second-order valence-corrected chi connectivity index (χ2v) is 10.9. The summed E-state index contributed by atoms with van der Waals surface area (Å²) in [6, 6.07) is 12.3. The first-order valence-corrected chi connectivity index (χ1v) is 13.2. The van der Waals surface area contributed by atoms with Crippen molar-refractivity contribution in [3.63, 3.8) is 0 Å². The molecule has 0 radical (unpaired) electrons. The van der Waals surface area contributed by atoms with E-state index in [0.29, 0.717) is 38.4 Å². The van der Waals surface area contributed by atoms with Gasteiger partial charge in [0.15, 0.2) is 0 Å². The average molecular weight is 503 g/mol. The summed E-state index contributed by atoms with van der Waals surface area (Å²) in [6.45, 7) is 2.96. The summed E-state index contributed by atoms with van der Waals surface area (Å²) >= 11 is 0. The number of carbonyl (C=O) groups excluding carboxylic acids is 2. The molecule has 2 aromatic carbocycles. The maximum atomic E-state index is 12.9. The van der Waals surface area contributed by atoms with Crippen LogP contribution in [0.5, 0.6) is 5.75 Å². The van der Waals surface area contributed by atoms with Gasteiger partial charge in [0, 0.05) is 37.7 Å². The van der Waals surface area contributed by atoms with Crippen molar-refractivity contribution in [1.29, 1.82) is 0 Å². The number of sulfonamides is 1. The number of piperidine rings is 1. The summed E-state index contributed by atoms with van der Waals surface area (Å²) in [5, 5.41) is 13.0. The van der Waals surface area contributed by atoms with Gasteiger partial charge >= 0.3 is 0 Å². The van der Waals surface area contributed by atoms with Gasteiger partial charge in [-0.1, -0.05) is 6.07 Å². The van der Waals surface area contributed by atoms with Gasteiger partial charge in [-0.05, 0) is 86.9 Å². The van der Waals surface area contributed by atoms with Crippen LogP contribution < -0.4 is 11.1 Å². The predicted octanol–water partition coefficient (Wildman–Crippen LogP) is 2.44. The Morgan fingerprint density at radius 3 is 2.40 bits per heavy atom. The molecule has 0 bridgehead atoms. The molecule has 35 heavy (non-hydrogen) atoms. The third kappa shape index (κ3) is 7.51. The van der Waals surface area contributed by atoms with E-state index in [1.54, 1.807) is 0 Å². The van der Waals surface area contributed by atoms with E-state index in [1.165, 1.54) is 28.6 Å². The van der Waals surface area contributed by atoms with E-state index < -0.39 is 10.0 Å². The predicted molar refractivity (Wildman–Crippen MR) is 134 cm³/mol. The van der Waals surface area contributed by atoms with Gasteiger partial charge in [0.05, 0.1) is 4.90 Å². The molecular formula is C25H34N4O5S. The molecule has 0 atom stereocenters. The first kappa shape index (κ1) is 26.7. The molecule has 1 saturated heterocycles. The fraction of sp³-hybridized carbons (Fsp3) is 0.440. The van der Waals surface area contributed by atoms with Gasteiger partial charge in [-0.25, -0.2) is 8.42 Å². The van der Waals surface area contributed by atoms with Crippen molar-refractivity contribution >= 4 is 27.9 Å². The second kappa shape index (κ2) is 12.1. The standard InChI is InChI=1S/C20H25N3O3S.C5H9NO2/c1-22-10-8-17(9-11-22)21-18-3-2-15-13-23(14-16(15)12-18)27(25,26)20-6-4-19(24)5-7-20;6-5(8)3-1-2-4-7/h2-7,12,17,21,24H,8-11,13-14H2,1H3;4H,1-3H2,(H2,6,8). The minimum Gasteiger partial charge on any atom is -0.508 e. The number of hydrogen-bond acceptors (Lipinski definition) is 7. The lowest BCUT2D eigenvalue weighted by Crippen LogP contribution is -2.36. The van der Waals surface area contributed by atoms with Crippen molar-refractivity contribution in [2.45, 2.75) is 56.1 Å². The maximum absolute atomic E-state index is 12.9. The fourth-order valence-electron chi connectivity index (χ4n) is 4.14. The third-order valence-corrected chi connectivity index (χ3v) is 8.01. The molecular weight excluding hydrogens is 468 g/mol. The van der Waals surface area contributed by atoms with Gasteiger partial charge in [-0.2, -0.15) is 4.31 Å². The molecule has 1 fully saturated rings. The van der Waals surface area contributed by atoms with Crippen LogP contribution in [0.3, 0.4) is 0 Å². The normalized spacial score (nSPS) is 16.7. The van der Waals surface area contributed by atoms with E-state index in [4.69, 9.17) is 5.73 Å². The molecule has 0 spiro atoms. The van der Waals surface area contributed by atoms with Crippen LogP contribution in [0.1, 0.15) is 43.2 Å². The lowest BCUT2D eigenvalue weighted by molar-refractivity contribution is -0.118. The zero-order chi connectivity index (χ0) is 25.4. The van der Waals surface area contributed by atoms with Gasteiger partial charge in [0.1, 0.15) is 12.0 Å². The largest absolute Gasteiger partial charge is 0.508 e. The highest BCUT2D eigenvalue weighted by Gasteiger charge is 2.31. The molecule has 4 rings (SSSR count). The highest BCUT2D eigenvalue weighted by molar-refractivity contribution is 7.89. The van der Waals surface area contributed by atoms with Crippen LogP contribution in [0.2, 0.25) is 0 Å². The van der Waals surface area contributed by atoms with Gasteiger partial charge in [-0.15, -0.1) is 0 Å². The van der Waals surface area contributed by atoms with E-state index in [1.807, 2.05) is 12.1 Å². The number of aromatic hydroxyl groups is 1. The van der Waals surface area contributed by atoms with E-state index in [9.17, 15) is 23.1 Å². The van der Waals surface area contributed by atoms with E-state index in [2.05, 4.69) is 23.3 Å². The number of nitrogens with zero attached hydrogens (tertiary/aromatic N) is 2. The molecule has 2 heterocycles. The maximum Gasteiger partial charge on any atom is 0.243 e. The number of amides is 1. The van der Waals surface area contributed by atoms with Crippen molar-refractivity contribution < 1.29 is 23.1 Å². The number of fused-ring (bicyclic) bond motifs is 1. The molecule has 0 saturated carbocycles. The van der Waals surface area contributed by atoms with Gasteiger partial charge < -0.3 is 25.9 Å². The van der Waals surface area contributed by atoms with Gasteiger partial charge in [0.2, 0.25) is 15.9 Å². The van der Waals surface area contributed by atoms with Crippen LogP contribution in [0, 0.1) is 0 Å². The number of aldehydes is 1. The molecule has 10 heteroatoms. The van der Waals surface area contributed by atoms with Crippen LogP contribution in [0.4, 0.5) is 5.69 Å². The zero-order valence-corrected chi connectivity index (χ0v) is 20.8. The smallest absolute Gasteiger partial charge is 0.243 e. The lowest BCUT2D eigenvalue weighted by Gasteiger charge is -2.30. The van der Waals surface area contributed by atoms with Crippen molar-refractivity contribution in [2.75, 3.05) is 25.5 Å². The summed E-state index contributed by atoms with van der Waals surface area (Å²) in [5.74, 6) is -0.282. The molecule has 0 aromatic heterocycles. The van der Waals surface area contributed by atoms with E-state index >= 15 is 0 Å². The number of carbonyl (C=O) groups is 2. The number of anilines is 1. The second-order valence-electron chi connectivity index (χ2n) is 9.00. The van der Waals surface area contributed by atoms with Crippen molar-refractivity contribution in [3.05, 3.63) is 53.6 Å². The Morgan fingerprint density at radius 1 is 1.11 bits per heavy atom. The number of likely N-dealkylation sites (tertiary alicyclic amines) is 1. The number of unbranched alkanes of at least 4 members (excludes halogenated alkanes) is 1. The van der Waals surface area contributed by atoms with Crippen molar-refractivity contribution in [3.8, 4) is 5.75 Å². The number of primary amides is 1. The average Bonchev–Trinajstić information content (AvgIpc) is 3.26. The van der Waals surface area contributed by atoms with Crippen LogP contribution >= 0.6 is 0 Å². The van der Waals surface area contributed by atoms with E-state index in [0.717, 1.165) is 49.0 Å². The summed E-state index contributed by atoms with van der Waals surface area (Å²) in [7, 11) is -1.43. The number of hydrogen-bond donors (Lipinski definition) is 3.